The summed E-state index contributed by atoms with van der Waals surface area (Å²) in [6.07, 6.45) is 0.0829. The molecule has 1 amide bonds. The summed E-state index contributed by atoms with van der Waals surface area (Å²) in [5.74, 6) is -2.29. The van der Waals surface area contributed by atoms with E-state index in [4.69, 9.17) is 5.11 Å². The van der Waals surface area contributed by atoms with Gasteiger partial charge in [-0.25, -0.2) is 8.78 Å². The molecule has 0 aliphatic rings. The van der Waals surface area contributed by atoms with Crippen LogP contribution in [0.1, 0.15) is 22.5 Å². The fourth-order valence-electron chi connectivity index (χ4n) is 2.65. The molecule has 0 radical (unpaired) electrons. The predicted octanol–water partition coefficient (Wildman–Crippen LogP) is 3.83. The van der Waals surface area contributed by atoms with Crippen molar-refractivity contribution in [3.8, 4) is 11.3 Å². The Labute approximate surface area is 153 Å². The maximum Gasteiger partial charge on any atom is 0.303 e. The molecule has 0 spiro atoms. The number of aryl methyl sites for hydroxylation is 1. The molecule has 0 bridgehead atoms. The number of rotatable bonds is 6. The Balaban J connectivity index is 1.95. The molecule has 138 valence electrons. The molecule has 0 saturated carbocycles. The lowest BCUT2D eigenvalue weighted by molar-refractivity contribution is -0.136. The quantitative estimate of drug-likeness (QED) is 0.693. The number of halogens is 2. The zero-order valence-electron chi connectivity index (χ0n) is 14.2. The van der Waals surface area contributed by atoms with Gasteiger partial charge in [-0.3, -0.25) is 19.7 Å². The molecule has 3 aromatic rings. The number of carboxylic acid groups (broad SMARTS) is 1. The van der Waals surface area contributed by atoms with Gasteiger partial charge in [0, 0.05) is 23.2 Å². The van der Waals surface area contributed by atoms with Gasteiger partial charge in [-0.2, -0.15) is 0 Å². The number of aromatic nitrogens is 1. The topological polar surface area (TPSA) is 71.3 Å². The number of nitrogens with one attached hydrogen (secondary N) is 1. The van der Waals surface area contributed by atoms with Crippen LogP contribution >= 0.6 is 0 Å². The number of nitrogens with zero attached hydrogens (tertiary/aromatic N) is 1. The van der Waals surface area contributed by atoms with Crippen molar-refractivity contribution in [3.05, 3.63) is 83.6 Å². The van der Waals surface area contributed by atoms with Crippen molar-refractivity contribution in [2.75, 3.05) is 5.43 Å². The molecule has 0 aliphatic carbocycles. The first-order chi connectivity index (χ1) is 12.9. The molecule has 2 N–H and O–H groups in total. The second kappa shape index (κ2) is 7.82. The van der Waals surface area contributed by atoms with Gasteiger partial charge in [0.05, 0.1) is 12.1 Å². The smallest absolute Gasteiger partial charge is 0.303 e. The molecule has 0 fully saturated rings. The molecule has 27 heavy (non-hydrogen) atoms. The third-order valence-corrected chi connectivity index (χ3v) is 4.02. The average Bonchev–Trinajstić information content (AvgIpc) is 3.03. The number of carbonyl (C=O) groups excluding carboxylic acids is 1. The molecule has 1 aromatic heterocycles. The minimum absolute atomic E-state index is 0.112. The van der Waals surface area contributed by atoms with Crippen molar-refractivity contribution in [2.45, 2.75) is 12.8 Å². The van der Waals surface area contributed by atoms with Gasteiger partial charge in [0.25, 0.3) is 5.91 Å². The summed E-state index contributed by atoms with van der Waals surface area (Å²) in [5, 5.41) is 8.93. The normalized spacial score (nSPS) is 10.6. The molecule has 0 aliphatic heterocycles. The van der Waals surface area contributed by atoms with Crippen LogP contribution in [0.25, 0.3) is 11.3 Å². The second-order valence-corrected chi connectivity index (χ2v) is 5.89. The van der Waals surface area contributed by atoms with Crippen LogP contribution in [0.2, 0.25) is 0 Å². The molecule has 0 unspecified atom stereocenters. The summed E-state index contributed by atoms with van der Waals surface area (Å²) in [4.78, 5) is 23.4. The molecular weight excluding hydrogens is 354 g/mol. The summed E-state index contributed by atoms with van der Waals surface area (Å²) in [7, 11) is 0. The molecule has 5 nitrogen and oxygen atoms in total. The van der Waals surface area contributed by atoms with E-state index in [1.165, 1.54) is 41.1 Å². The largest absolute Gasteiger partial charge is 0.481 e. The van der Waals surface area contributed by atoms with E-state index in [-0.39, 0.29) is 18.4 Å². The number of carbonyl (C=O) groups is 2. The van der Waals surface area contributed by atoms with Gasteiger partial charge in [-0.05, 0) is 60.7 Å². The van der Waals surface area contributed by atoms with Gasteiger partial charge in [0.1, 0.15) is 11.6 Å². The second-order valence-electron chi connectivity index (χ2n) is 5.89. The first-order valence-corrected chi connectivity index (χ1v) is 8.19. The van der Waals surface area contributed by atoms with Gasteiger partial charge in [0.15, 0.2) is 0 Å². The third-order valence-electron chi connectivity index (χ3n) is 4.02. The van der Waals surface area contributed by atoms with E-state index in [0.717, 1.165) is 0 Å². The van der Waals surface area contributed by atoms with Crippen LogP contribution in [0, 0.1) is 11.6 Å². The molecule has 3 rings (SSSR count). The van der Waals surface area contributed by atoms with Crippen LogP contribution in [-0.2, 0) is 11.2 Å². The van der Waals surface area contributed by atoms with E-state index >= 15 is 0 Å². The lowest BCUT2D eigenvalue weighted by atomic mass is 10.1. The van der Waals surface area contributed by atoms with Gasteiger partial charge in [-0.1, -0.05) is 0 Å². The van der Waals surface area contributed by atoms with Crippen LogP contribution in [0.3, 0.4) is 0 Å². The van der Waals surface area contributed by atoms with Gasteiger partial charge >= 0.3 is 5.97 Å². The highest BCUT2D eigenvalue weighted by Crippen LogP contribution is 2.23. The van der Waals surface area contributed by atoms with Crippen LogP contribution in [-0.4, -0.2) is 21.7 Å². The fourth-order valence-corrected chi connectivity index (χ4v) is 2.65. The Hall–Kier alpha value is -3.48. The Morgan fingerprint density at radius 3 is 2.07 bits per heavy atom. The maximum atomic E-state index is 13.2. The Bertz CT molecular complexity index is 964. The Morgan fingerprint density at radius 2 is 1.48 bits per heavy atom. The van der Waals surface area contributed by atoms with Crippen molar-refractivity contribution in [3.63, 3.8) is 0 Å². The molecule has 0 saturated heterocycles. The molecular formula is C20H16F2N2O3. The molecule has 1 heterocycles. The van der Waals surface area contributed by atoms with Crippen molar-refractivity contribution >= 4 is 11.9 Å². The monoisotopic (exact) mass is 370 g/mol. The minimum atomic E-state index is -0.962. The standard InChI is InChI=1S/C20H16F2N2O3/c21-15-5-1-13(2-6-15)18-11-9-17(10-12-19(25)26)24(18)23-20(27)14-3-7-16(22)8-4-14/h1-9,11H,10,12H2,(H,23,27)(H,25,26). The molecule has 0 atom stereocenters. The summed E-state index contributed by atoms with van der Waals surface area (Å²) in [6.45, 7) is 0. The van der Waals surface area contributed by atoms with Crippen LogP contribution in [0.5, 0.6) is 0 Å². The van der Waals surface area contributed by atoms with Crippen LogP contribution in [0.15, 0.2) is 60.7 Å². The Kier molecular flexibility index (Phi) is 5.30. The number of aliphatic carboxylic acids is 1. The fraction of sp³-hybridized carbons (Fsp3) is 0.100. The van der Waals surface area contributed by atoms with Gasteiger partial charge in [-0.15, -0.1) is 0 Å². The van der Waals surface area contributed by atoms with Crippen molar-refractivity contribution in [2.24, 2.45) is 0 Å². The number of carboxylic acids is 1. The first kappa shape index (κ1) is 18.3. The zero-order chi connectivity index (χ0) is 19.4. The predicted molar refractivity (Wildman–Crippen MR) is 95.9 cm³/mol. The third kappa shape index (κ3) is 4.38. The van der Waals surface area contributed by atoms with Crippen molar-refractivity contribution in [1.29, 1.82) is 0 Å². The van der Waals surface area contributed by atoms with Crippen LogP contribution in [0.4, 0.5) is 8.78 Å². The van der Waals surface area contributed by atoms with Crippen LogP contribution < -0.4 is 5.43 Å². The van der Waals surface area contributed by atoms with Gasteiger partial charge < -0.3 is 5.11 Å². The van der Waals surface area contributed by atoms with Gasteiger partial charge in [0.2, 0.25) is 0 Å². The SMILES string of the molecule is O=C(O)CCc1ccc(-c2ccc(F)cc2)n1NC(=O)c1ccc(F)cc1. The summed E-state index contributed by atoms with van der Waals surface area (Å²) >= 11 is 0. The number of hydrogen-bond acceptors (Lipinski definition) is 2. The number of hydrogen-bond donors (Lipinski definition) is 2. The summed E-state index contributed by atoms with van der Waals surface area (Å²) in [6, 6.07) is 14.2. The Morgan fingerprint density at radius 1 is 0.889 bits per heavy atom. The average molecular weight is 370 g/mol. The van der Waals surface area contributed by atoms with Crippen molar-refractivity contribution < 1.29 is 23.5 Å². The van der Waals surface area contributed by atoms with Crippen molar-refractivity contribution in [1.82, 2.24) is 4.68 Å². The van der Waals surface area contributed by atoms with E-state index < -0.39 is 23.5 Å². The van der Waals surface area contributed by atoms with E-state index in [2.05, 4.69) is 5.43 Å². The summed E-state index contributed by atoms with van der Waals surface area (Å²) in [5.41, 5.74) is 4.75. The van der Waals surface area contributed by atoms with E-state index in [0.29, 0.717) is 17.0 Å². The minimum Gasteiger partial charge on any atom is -0.481 e. The maximum absolute atomic E-state index is 13.2. The molecule has 7 heteroatoms. The highest BCUT2D eigenvalue weighted by atomic mass is 19.1. The lowest BCUT2D eigenvalue weighted by Crippen LogP contribution is -2.25. The number of amides is 1. The zero-order valence-corrected chi connectivity index (χ0v) is 14.2. The first-order valence-electron chi connectivity index (χ1n) is 8.19. The van der Waals surface area contributed by atoms with E-state index in [1.807, 2.05) is 0 Å². The summed E-state index contributed by atoms with van der Waals surface area (Å²) < 4.78 is 27.7. The highest BCUT2D eigenvalue weighted by Gasteiger charge is 2.15. The molecule has 2 aromatic carbocycles. The van der Waals surface area contributed by atoms with E-state index in [1.54, 1.807) is 24.3 Å². The highest BCUT2D eigenvalue weighted by molar-refractivity contribution is 6.00. The lowest BCUT2D eigenvalue weighted by Gasteiger charge is -2.15. The number of benzene rings is 2. The van der Waals surface area contributed by atoms with E-state index in [9.17, 15) is 18.4 Å².